The van der Waals surface area contributed by atoms with Gasteiger partial charge < -0.3 is 29.0 Å². The largest absolute Gasteiger partial charge is 0.497 e. The van der Waals surface area contributed by atoms with Crippen LogP contribution in [0.1, 0.15) is 31.0 Å². The highest BCUT2D eigenvalue weighted by Gasteiger charge is 2.23. The molecule has 10 nitrogen and oxygen atoms in total. The molecule has 0 saturated carbocycles. The molecule has 1 fully saturated rings. The molecular weight excluding hydrogens is 494 g/mol. The quantitative estimate of drug-likeness (QED) is 0.344. The summed E-state index contributed by atoms with van der Waals surface area (Å²) < 4.78 is 18.4. The van der Waals surface area contributed by atoms with Gasteiger partial charge in [0.05, 0.1) is 13.4 Å². The van der Waals surface area contributed by atoms with Crippen LogP contribution in [-0.2, 0) is 13.0 Å². The van der Waals surface area contributed by atoms with Crippen molar-refractivity contribution in [1.82, 2.24) is 24.4 Å². The Morgan fingerprint density at radius 1 is 0.949 bits per heavy atom. The first-order chi connectivity index (χ1) is 19.1. The van der Waals surface area contributed by atoms with Crippen LogP contribution in [0.5, 0.6) is 17.2 Å². The van der Waals surface area contributed by atoms with Crippen LogP contribution < -0.4 is 24.4 Å². The molecular formula is C29H35N7O3. The third kappa shape index (κ3) is 5.42. The number of hydrogen-bond donors (Lipinski definition) is 1. The van der Waals surface area contributed by atoms with Crippen LogP contribution in [0.3, 0.4) is 0 Å². The van der Waals surface area contributed by atoms with Crippen molar-refractivity contribution in [3.05, 3.63) is 59.9 Å². The minimum atomic E-state index is 0.253. The molecule has 4 aromatic rings. The number of hydrogen-bond acceptors (Lipinski definition) is 9. The lowest BCUT2D eigenvalue weighted by Crippen LogP contribution is -2.46. The average molecular weight is 530 g/mol. The van der Waals surface area contributed by atoms with Crippen LogP contribution >= 0.6 is 0 Å². The fourth-order valence-corrected chi connectivity index (χ4v) is 5.07. The van der Waals surface area contributed by atoms with E-state index >= 15 is 0 Å². The van der Waals surface area contributed by atoms with Gasteiger partial charge in [-0.2, -0.15) is 9.97 Å². The average Bonchev–Trinajstić information content (AvgIpc) is 3.61. The Hall–Kier alpha value is -4.05. The van der Waals surface area contributed by atoms with Crippen molar-refractivity contribution in [3.63, 3.8) is 0 Å². The Kier molecular flexibility index (Phi) is 7.10. The number of fused-ring (bicyclic) bond motifs is 2. The fourth-order valence-electron chi connectivity index (χ4n) is 5.07. The lowest BCUT2D eigenvalue weighted by atomic mass is 10.1. The van der Waals surface area contributed by atoms with E-state index in [1.807, 2.05) is 24.5 Å². The first-order valence-corrected chi connectivity index (χ1v) is 13.5. The third-order valence-electron chi connectivity index (χ3n) is 7.33. The predicted molar refractivity (Wildman–Crippen MR) is 151 cm³/mol. The van der Waals surface area contributed by atoms with E-state index in [4.69, 9.17) is 24.2 Å². The van der Waals surface area contributed by atoms with Gasteiger partial charge in [-0.25, -0.2) is 4.98 Å². The molecule has 204 valence electrons. The molecule has 2 aliphatic rings. The van der Waals surface area contributed by atoms with E-state index in [-0.39, 0.29) is 6.04 Å². The molecule has 1 N–H and O–H groups in total. The molecule has 0 atom stereocenters. The summed E-state index contributed by atoms with van der Waals surface area (Å²) in [6, 6.07) is 14.6. The van der Waals surface area contributed by atoms with Crippen LogP contribution in [0.2, 0.25) is 0 Å². The van der Waals surface area contributed by atoms with Gasteiger partial charge in [-0.05, 0) is 55.7 Å². The SMILES string of the molecule is COc1ccc(CCNc2nc(N3CCN(Cc4ccc5c(c4)OCO5)CC3)nc3c2ncn3C(C)C)cc1. The molecule has 39 heavy (non-hydrogen) atoms. The number of methoxy groups -OCH3 is 1. The van der Waals surface area contributed by atoms with Gasteiger partial charge in [0, 0.05) is 45.3 Å². The van der Waals surface area contributed by atoms with Crippen molar-refractivity contribution >= 4 is 22.9 Å². The fraction of sp³-hybridized carbons (Fsp3) is 0.414. The van der Waals surface area contributed by atoms with Crippen LogP contribution in [0.15, 0.2) is 48.8 Å². The van der Waals surface area contributed by atoms with Crippen molar-refractivity contribution in [3.8, 4) is 17.2 Å². The van der Waals surface area contributed by atoms with E-state index in [0.717, 1.165) is 85.9 Å². The second-order valence-corrected chi connectivity index (χ2v) is 10.3. The van der Waals surface area contributed by atoms with Crippen LogP contribution in [0.4, 0.5) is 11.8 Å². The van der Waals surface area contributed by atoms with Crippen molar-refractivity contribution in [2.45, 2.75) is 32.9 Å². The molecule has 0 aliphatic carbocycles. The summed E-state index contributed by atoms with van der Waals surface area (Å²) in [5.41, 5.74) is 4.14. The molecule has 0 radical (unpaired) electrons. The minimum absolute atomic E-state index is 0.253. The number of nitrogens with zero attached hydrogens (tertiary/aromatic N) is 6. The van der Waals surface area contributed by atoms with Crippen LogP contribution in [0.25, 0.3) is 11.2 Å². The number of imidazole rings is 1. The van der Waals surface area contributed by atoms with Gasteiger partial charge in [0.2, 0.25) is 12.7 Å². The first kappa shape index (κ1) is 25.2. The Balaban J connectivity index is 1.15. The summed E-state index contributed by atoms with van der Waals surface area (Å²) in [6.07, 6.45) is 2.74. The molecule has 0 unspecified atom stereocenters. The Bertz CT molecular complexity index is 1430. The smallest absolute Gasteiger partial charge is 0.231 e. The van der Waals surface area contributed by atoms with E-state index in [1.165, 1.54) is 11.1 Å². The number of benzene rings is 2. The molecule has 2 aliphatic heterocycles. The Morgan fingerprint density at radius 3 is 2.49 bits per heavy atom. The van der Waals surface area contributed by atoms with Crippen LogP contribution in [0, 0.1) is 0 Å². The van der Waals surface area contributed by atoms with Crippen molar-refractivity contribution in [1.29, 1.82) is 0 Å². The van der Waals surface area contributed by atoms with Gasteiger partial charge in [-0.15, -0.1) is 0 Å². The number of ether oxygens (including phenoxy) is 3. The molecule has 10 heteroatoms. The summed E-state index contributed by atoms with van der Waals surface area (Å²) in [7, 11) is 1.68. The van der Waals surface area contributed by atoms with Crippen molar-refractivity contribution < 1.29 is 14.2 Å². The Labute approximate surface area is 228 Å². The lowest BCUT2D eigenvalue weighted by Gasteiger charge is -2.35. The second kappa shape index (κ2) is 11.0. The molecule has 0 bridgehead atoms. The number of piperazine rings is 1. The number of anilines is 2. The molecule has 0 amide bonds. The third-order valence-corrected chi connectivity index (χ3v) is 7.33. The highest BCUT2D eigenvalue weighted by atomic mass is 16.7. The number of nitrogens with one attached hydrogen (secondary N) is 1. The standard InChI is InChI=1S/C29H35N7O3/c1-20(2)36-18-31-26-27(30-11-10-21-4-7-23(37-3)8-5-21)32-29(33-28(26)36)35-14-12-34(13-15-35)17-22-6-9-24-25(16-22)39-19-38-24/h4-9,16,18,20H,10-15,17,19H2,1-3H3,(H,30,32,33). The second-order valence-electron chi connectivity index (χ2n) is 10.3. The van der Waals surface area contributed by atoms with Gasteiger partial charge in [0.1, 0.15) is 5.75 Å². The predicted octanol–water partition coefficient (Wildman–Crippen LogP) is 4.12. The van der Waals surface area contributed by atoms with Crippen molar-refractivity contribution in [2.75, 3.05) is 56.8 Å². The van der Waals surface area contributed by atoms with Gasteiger partial charge in [0.25, 0.3) is 0 Å². The topological polar surface area (TPSA) is 89.8 Å². The monoisotopic (exact) mass is 529 g/mol. The number of rotatable bonds is 9. The molecule has 4 heterocycles. The maximum absolute atomic E-state index is 5.55. The maximum Gasteiger partial charge on any atom is 0.231 e. The van der Waals surface area contributed by atoms with E-state index in [0.29, 0.717) is 6.79 Å². The lowest BCUT2D eigenvalue weighted by molar-refractivity contribution is 0.174. The Morgan fingerprint density at radius 2 is 1.72 bits per heavy atom. The molecule has 6 rings (SSSR count). The molecule has 1 saturated heterocycles. The molecule has 0 spiro atoms. The van der Waals surface area contributed by atoms with Gasteiger partial charge in [-0.1, -0.05) is 18.2 Å². The van der Waals surface area contributed by atoms with Crippen LogP contribution in [-0.4, -0.2) is 71.0 Å². The van der Waals surface area contributed by atoms with E-state index in [1.54, 1.807) is 7.11 Å². The highest BCUT2D eigenvalue weighted by Crippen LogP contribution is 2.33. The first-order valence-electron chi connectivity index (χ1n) is 13.5. The summed E-state index contributed by atoms with van der Waals surface area (Å²) in [4.78, 5) is 19.4. The molecule has 2 aromatic heterocycles. The van der Waals surface area contributed by atoms with Gasteiger partial charge in [-0.3, -0.25) is 4.90 Å². The zero-order chi connectivity index (χ0) is 26.8. The van der Waals surface area contributed by atoms with E-state index in [9.17, 15) is 0 Å². The van der Waals surface area contributed by atoms with E-state index < -0.39 is 0 Å². The summed E-state index contributed by atoms with van der Waals surface area (Å²) in [6.45, 7) is 9.80. The van der Waals surface area contributed by atoms with Gasteiger partial charge >= 0.3 is 0 Å². The van der Waals surface area contributed by atoms with Gasteiger partial charge in [0.15, 0.2) is 28.5 Å². The summed E-state index contributed by atoms with van der Waals surface area (Å²) in [5.74, 6) is 4.06. The van der Waals surface area contributed by atoms with E-state index in [2.05, 4.69) is 62.8 Å². The van der Waals surface area contributed by atoms with Crippen molar-refractivity contribution in [2.24, 2.45) is 0 Å². The highest BCUT2D eigenvalue weighted by molar-refractivity contribution is 5.84. The summed E-state index contributed by atoms with van der Waals surface area (Å²) in [5, 5.41) is 3.54. The molecule has 2 aromatic carbocycles. The normalized spacial score (nSPS) is 15.3. The maximum atomic E-state index is 5.55. The summed E-state index contributed by atoms with van der Waals surface area (Å²) >= 11 is 0. The zero-order valence-electron chi connectivity index (χ0n) is 22.8. The number of aromatic nitrogens is 4. The minimum Gasteiger partial charge on any atom is -0.497 e. The zero-order valence-corrected chi connectivity index (χ0v) is 22.8.